The minimum absolute atomic E-state index is 0.0116. The molecule has 0 saturated heterocycles. The Balaban J connectivity index is 1.75. The third-order valence-corrected chi connectivity index (χ3v) is 5.33. The van der Waals surface area contributed by atoms with Crippen LogP contribution in [0.2, 0.25) is 0 Å². The molecule has 12 nitrogen and oxygen atoms in total. The van der Waals surface area contributed by atoms with Crippen molar-refractivity contribution in [3.8, 4) is 5.75 Å². The van der Waals surface area contributed by atoms with Crippen molar-refractivity contribution in [1.82, 2.24) is 9.38 Å². The molecule has 194 valence electrons. The third-order valence-electron chi connectivity index (χ3n) is 5.33. The van der Waals surface area contributed by atoms with E-state index in [0.29, 0.717) is 0 Å². The molecule has 1 aliphatic rings. The highest BCUT2D eigenvalue weighted by Gasteiger charge is 2.41. The molecule has 1 atom stereocenters. The first-order valence-electron chi connectivity index (χ1n) is 11.2. The van der Waals surface area contributed by atoms with Gasteiger partial charge in [-0.15, -0.1) is 0 Å². The molecule has 2 amide bonds. The average Bonchev–Trinajstić information content (AvgIpc) is 3.27. The number of nitrogens with zero attached hydrogens (tertiary/aromatic N) is 4. The fraction of sp³-hybridized carbons (Fsp3) is 0.280. The second kappa shape index (κ2) is 10.6. The number of aliphatic imine (C=N–C) groups is 1. The second-order valence-electron chi connectivity index (χ2n) is 9.17. The highest BCUT2D eigenvalue weighted by molar-refractivity contribution is 6.10. The van der Waals surface area contributed by atoms with Crippen LogP contribution in [0.3, 0.4) is 0 Å². The summed E-state index contributed by atoms with van der Waals surface area (Å²) in [5.74, 6) is -0.506. The summed E-state index contributed by atoms with van der Waals surface area (Å²) in [6.07, 6.45) is 0.770. The van der Waals surface area contributed by atoms with E-state index in [1.54, 1.807) is 20.8 Å². The SMILES string of the molecule is CN(CCC1=NC=C[N+]1(C(=O)[O-])c1ccc(OC(=O)c2cccc([N+](=O)[O-])c2)cc1)C(=O)OC(C)(C)C. The Hall–Kier alpha value is -4.58. The van der Waals surface area contributed by atoms with Crippen LogP contribution in [0.4, 0.5) is 21.0 Å². The maximum atomic E-state index is 12.4. The lowest BCUT2D eigenvalue weighted by Crippen LogP contribution is -2.59. The summed E-state index contributed by atoms with van der Waals surface area (Å²) in [7, 11) is 1.54. The second-order valence-corrected chi connectivity index (χ2v) is 9.17. The van der Waals surface area contributed by atoms with Crippen molar-refractivity contribution in [3.63, 3.8) is 0 Å². The van der Waals surface area contributed by atoms with Gasteiger partial charge in [-0.3, -0.25) is 10.1 Å². The molecule has 0 N–H and O–H groups in total. The highest BCUT2D eigenvalue weighted by atomic mass is 16.6. The van der Waals surface area contributed by atoms with Gasteiger partial charge in [-0.1, -0.05) is 6.07 Å². The molecule has 0 saturated carbocycles. The number of hydrogen-bond acceptors (Lipinski definition) is 9. The molecular weight excluding hydrogens is 484 g/mol. The number of hydrogen-bond donors (Lipinski definition) is 0. The van der Waals surface area contributed by atoms with Crippen LogP contribution in [-0.2, 0) is 4.74 Å². The van der Waals surface area contributed by atoms with Gasteiger partial charge in [-0.05, 0) is 39.0 Å². The molecule has 2 aromatic carbocycles. The molecule has 0 aromatic heterocycles. The molecule has 1 unspecified atom stereocenters. The topological polar surface area (TPSA) is 151 Å². The van der Waals surface area contributed by atoms with Crippen LogP contribution in [0.5, 0.6) is 5.75 Å². The Labute approximate surface area is 212 Å². The molecule has 1 aliphatic heterocycles. The van der Waals surface area contributed by atoms with Crippen LogP contribution in [0, 0.1) is 10.1 Å². The van der Waals surface area contributed by atoms with Crippen molar-refractivity contribution in [2.45, 2.75) is 32.8 Å². The van der Waals surface area contributed by atoms with E-state index in [2.05, 4.69) is 4.99 Å². The van der Waals surface area contributed by atoms with Gasteiger partial charge >= 0.3 is 12.1 Å². The molecule has 0 bridgehead atoms. The van der Waals surface area contributed by atoms with Crippen molar-refractivity contribution in [3.05, 3.63) is 76.6 Å². The number of amidine groups is 1. The van der Waals surface area contributed by atoms with Gasteiger partial charge in [0.25, 0.3) is 11.8 Å². The maximum absolute atomic E-state index is 12.4. The number of nitro benzene ring substituents is 1. The van der Waals surface area contributed by atoms with Gasteiger partial charge in [0.05, 0.1) is 23.1 Å². The number of amides is 2. The van der Waals surface area contributed by atoms with E-state index in [1.165, 1.54) is 66.8 Å². The first-order chi connectivity index (χ1) is 17.3. The number of benzene rings is 2. The monoisotopic (exact) mass is 510 g/mol. The van der Waals surface area contributed by atoms with E-state index in [-0.39, 0.29) is 41.5 Å². The standard InChI is InChI=1S/C25H26N4O8/c1-25(2,3)37-23(31)27(4)14-12-21-26-13-15-29(21,24(32)33)19-8-10-20(11-9-19)36-22(30)17-6-5-7-18(16-17)28(34)35/h5-11,13,15-16H,12,14H2,1-4H3. The van der Waals surface area contributed by atoms with Crippen molar-refractivity contribution in [2.24, 2.45) is 4.99 Å². The zero-order valence-corrected chi connectivity index (χ0v) is 20.7. The van der Waals surface area contributed by atoms with Gasteiger partial charge in [0.1, 0.15) is 23.2 Å². The molecule has 1 heterocycles. The van der Waals surface area contributed by atoms with E-state index in [9.17, 15) is 29.6 Å². The van der Waals surface area contributed by atoms with Gasteiger partial charge in [0.15, 0.2) is 0 Å². The lowest BCUT2D eigenvalue weighted by Gasteiger charge is -2.32. The Kier molecular flexibility index (Phi) is 7.73. The number of non-ortho nitro benzene ring substituents is 1. The molecule has 0 radical (unpaired) electrons. The number of carboxylic acid groups (broad SMARTS) is 1. The van der Waals surface area contributed by atoms with Crippen molar-refractivity contribution < 1.29 is 33.9 Å². The van der Waals surface area contributed by atoms with Crippen LogP contribution in [-0.4, -0.2) is 53.0 Å². The van der Waals surface area contributed by atoms with Crippen LogP contribution in [0.1, 0.15) is 37.6 Å². The number of nitro groups is 1. The summed E-state index contributed by atoms with van der Waals surface area (Å²) in [5, 5.41) is 23.3. The maximum Gasteiger partial charge on any atom is 0.410 e. The normalized spacial score (nSPS) is 16.6. The summed E-state index contributed by atoms with van der Waals surface area (Å²) in [6.45, 7) is 5.37. The van der Waals surface area contributed by atoms with Gasteiger partial charge in [-0.2, -0.15) is 4.48 Å². The molecule has 12 heteroatoms. The lowest BCUT2D eigenvalue weighted by atomic mass is 10.2. The van der Waals surface area contributed by atoms with E-state index in [4.69, 9.17) is 9.47 Å². The van der Waals surface area contributed by atoms with E-state index >= 15 is 0 Å². The molecule has 2 aromatic rings. The Morgan fingerprint density at radius 2 is 1.78 bits per heavy atom. The minimum Gasteiger partial charge on any atom is -0.497 e. The van der Waals surface area contributed by atoms with Gasteiger partial charge in [0, 0.05) is 37.9 Å². The highest BCUT2D eigenvalue weighted by Crippen LogP contribution is 2.31. The summed E-state index contributed by atoms with van der Waals surface area (Å²) >= 11 is 0. The van der Waals surface area contributed by atoms with E-state index in [0.717, 1.165) is 6.07 Å². The number of quaternary nitrogens is 1. The molecule has 3 rings (SSSR count). The van der Waals surface area contributed by atoms with Crippen molar-refractivity contribution >= 4 is 35.4 Å². The van der Waals surface area contributed by atoms with Crippen LogP contribution >= 0.6 is 0 Å². The van der Waals surface area contributed by atoms with Gasteiger partial charge < -0.3 is 24.3 Å². The Bertz CT molecular complexity index is 1280. The Morgan fingerprint density at radius 1 is 1.11 bits per heavy atom. The predicted molar refractivity (Wildman–Crippen MR) is 132 cm³/mol. The number of carbonyl (C=O) groups is 3. The lowest BCUT2D eigenvalue weighted by molar-refractivity contribution is -0.384. The number of esters is 1. The zero-order valence-electron chi connectivity index (χ0n) is 20.7. The number of rotatable bonds is 7. The van der Waals surface area contributed by atoms with E-state index < -0.39 is 33.2 Å². The third kappa shape index (κ3) is 6.16. The van der Waals surface area contributed by atoms with Crippen molar-refractivity contribution in [1.29, 1.82) is 0 Å². The summed E-state index contributed by atoms with van der Waals surface area (Å²) < 4.78 is 9.76. The summed E-state index contributed by atoms with van der Waals surface area (Å²) in [4.78, 5) is 52.8. The van der Waals surface area contributed by atoms with Crippen molar-refractivity contribution in [2.75, 3.05) is 13.6 Å². The molecular formula is C25H26N4O8. The van der Waals surface area contributed by atoms with Gasteiger partial charge in [0.2, 0.25) is 5.84 Å². The van der Waals surface area contributed by atoms with Crippen LogP contribution in [0.15, 0.2) is 65.9 Å². The fourth-order valence-corrected chi connectivity index (χ4v) is 3.50. The van der Waals surface area contributed by atoms with E-state index in [1.807, 2.05) is 0 Å². The molecule has 0 aliphatic carbocycles. The predicted octanol–water partition coefficient (Wildman–Crippen LogP) is 3.60. The largest absolute Gasteiger partial charge is 0.497 e. The Morgan fingerprint density at radius 3 is 2.38 bits per heavy atom. The fourth-order valence-electron chi connectivity index (χ4n) is 3.50. The first-order valence-corrected chi connectivity index (χ1v) is 11.2. The smallest absolute Gasteiger partial charge is 0.410 e. The average molecular weight is 511 g/mol. The first kappa shape index (κ1) is 27.0. The molecule has 37 heavy (non-hydrogen) atoms. The summed E-state index contributed by atoms with van der Waals surface area (Å²) in [6, 6.07) is 10.8. The quantitative estimate of drug-likeness (QED) is 0.180. The van der Waals surface area contributed by atoms with Crippen LogP contribution in [0.25, 0.3) is 0 Å². The number of carbonyl (C=O) groups excluding carboxylic acids is 3. The molecule has 0 fully saturated rings. The summed E-state index contributed by atoms with van der Waals surface area (Å²) in [5.41, 5.74) is -0.691. The van der Waals surface area contributed by atoms with Crippen LogP contribution < -0.4 is 14.3 Å². The van der Waals surface area contributed by atoms with Gasteiger partial charge in [-0.25, -0.2) is 14.6 Å². The minimum atomic E-state index is -1.46. The molecule has 0 spiro atoms. The zero-order chi connectivity index (χ0) is 27.4. The number of ether oxygens (including phenoxy) is 2.